The average Bonchev–Trinajstić information content (AvgIpc) is 2.93. The molecule has 1 fully saturated rings. The van der Waals surface area contributed by atoms with E-state index in [9.17, 15) is 9.50 Å². The molecule has 5 heteroatoms. The molecule has 4 nitrogen and oxygen atoms in total. The lowest BCUT2D eigenvalue weighted by Gasteiger charge is -2.18. The summed E-state index contributed by atoms with van der Waals surface area (Å²) in [5.41, 5.74) is 0.601. The van der Waals surface area contributed by atoms with E-state index in [1.807, 2.05) is 19.9 Å². The Labute approximate surface area is 117 Å². The number of benzene rings is 1. The zero-order chi connectivity index (χ0) is 14.3. The van der Waals surface area contributed by atoms with Crippen LogP contribution >= 0.6 is 0 Å². The van der Waals surface area contributed by atoms with E-state index in [-0.39, 0.29) is 36.8 Å². The van der Waals surface area contributed by atoms with Crippen LogP contribution < -0.4 is 9.47 Å². The van der Waals surface area contributed by atoms with E-state index in [1.54, 1.807) is 0 Å². The molecule has 2 aliphatic heterocycles. The quantitative estimate of drug-likeness (QED) is 0.924. The molecule has 0 radical (unpaired) electrons. The number of halogens is 1. The highest BCUT2D eigenvalue weighted by Crippen LogP contribution is 2.39. The molecule has 2 aliphatic rings. The van der Waals surface area contributed by atoms with E-state index in [4.69, 9.17) is 14.2 Å². The molecule has 0 bridgehead atoms. The monoisotopic (exact) mass is 282 g/mol. The third-order valence-corrected chi connectivity index (χ3v) is 3.91. The molecule has 0 saturated carbocycles. The van der Waals surface area contributed by atoms with Crippen LogP contribution in [0.15, 0.2) is 12.1 Å². The summed E-state index contributed by atoms with van der Waals surface area (Å²) >= 11 is 0. The molecule has 0 aromatic heterocycles. The highest BCUT2D eigenvalue weighted by Gasteiger charge is 2.39. The van der Waals surface area contributed by atoms with Crippen molar-refractivity contribution in [2.75, 3.05) is 13.4 Å². The van der Waals surface area contributed by atoms with Gasteiger partial charge in [0.25, 0.3) is 0 Å². The second kappa shape index (κ2) is 4.90. The topological polar surface area (TPSA) is 47.9 Å². The summed E-state index contributed by atoms with van der Waals surface area (Å²) in [7, 11) is 0. The first kappa shape index (κ1) is 13.6. The molecule has 20 heavy (non-hydrogen) atoms. The number of aliphatic hydroxyl groups is 1. The van der Waals surface area contributed by atoms with Gasteiger partial charge in [0, 0.05) is 0 Å². The molecule has 1 aromatic rings. The number of hydrogen-bond acceptors (Lipinski definition) is 4. The van der Waals surface area contributed by atoms with Crippen LogP contribution in [0, 0.1) is 11.7 Å². The molecule has 2 atom stereocenters. The smallest absolute Gasteiger partial charge is 0.231 e. The van der Waals surface area contributed by atoms with Gasteiger partial charge in [-0.05, 0) is 50.3 Å². The predicted molar refractivity (Wildman–Crippen MR) is 70.4 cm³/mol. The van der Waals surface area contributed by atoms with Crippen molar-refractivity contribution in [1.29, 1.82) is 0 Å². The van der Waals surface area contributed by atoms with Crippen molar-refractivity contribution in [3.8, 4) is 11.5 Å². The number of rotatable bonds is 3. The molecule has 1 unspecified atom stereocenters. The van der Waals surface area contributed by atoms with Crippen LogP contribution in [0.3, 0.4) is 0 Å². The van der Waals surface area contributed by atoms with Gasteiger partial charge in [-0.25, -0.2) is 4.39 Å². The van der Waals surface area contributed by atoms with Crippen molar-refractivity contribution < 1.29 is 23.7 Å². The fraction of sp³-hybridized carbons (Fsp3) is 0.600. The van der Waals surface area contributed by atoms with E-state index >= 15 is 0 Å². The molecule has 3 rings (SSSR count). The predicted octanol–water partition coefficient (Wildman–Crippen LogP) is 2.27. The van der Waals surface area contributed by atoms with Crippen LogP contribution in [0.25, 0.3) is 0 Å². The van der Waals surface area contributed by atoms with Gasteiger partial charge in [-0.1, -0.05) is 0 Å². The van der Waals surface area contributed by atoms with Crippen LogP contribution in [0.5, 0.6) is 11.5 Å². The average molecular weight is 282 g/mol. The fourth-order valence-corrected chi connectivity index (χ4v) is 3.15. The number of aliphatic hydroxyl groups excluding tert-OH is 1. The molecule has 110 valence electrons. The Morgan fingerprint density at radius 2 is 2.15 bits per heavy atom. The van der Waals surface area contributed by atoms with E-state index < -0.39 is 5.82 Å². The van der Waals surface area contributed by atoms with Crippen molar-refractivity contribution in [3.63, 3.8) is 0 Å². The van der Waals surface area contributed by atoms with Crippen molar-refractivity contribution >= 4 is 0 Å². The summed E-state index contributed by atoms with van der Waals surface area (Å²) in [5.74, 6) is 0.428. The van der Waals surface area contributed by atoms with Crippen LogP contribution in [-0.2, 0) is 11.2 Å². The van der Waals surface area contributed by atoms with Crippen molar-refractivity contribution in [3.05, 3.63) is 23.5 Å². The molecule has 0 aliphatic carbocycles. The van der Waals surface area contributed by atoms with E-state index in [2.05, 4.69) is 0 Å². The molecular formula is C15H19FO4. The highest BCUT2D eigenvalue weighted by molar-refractivity contribution is 5.46. The third-order valence-electron chi connectivity index (χ3n) is 3.91. The zero-order valence-corrected chi connectivity index (χ0v) is 11.7. The van der Waals surface area contributed by atoms with Gasteiger partial charge in [-0.2, -0.15) is 0 Å². The maximum absolute atomic E-state index is 13.9. The van der Waals surface area contributed by atoms with Gasteiger partial charge in [0.1, 0.15) is 0 Å². The Balaban J connectivity index is 1.80. The summed E-state index contributed by atoms with van der Waals surface area (Å²) in [6.45, 7) is 4.07. The standard InChI is InChI=1S/C15H19FO4/c1-15(2)6-10(13(7-17)20-15)3-9-4-11(16)14-12(5-9)18-8-19-14/h4-5,10,13,17H,3,6-8H2,1-2H3/t10?,13-/m1/s1. The van der Waals surface area contributed by atoms with Crippen LogP contribution in [0.2, 0.25) is 0 Å². The van der Waals surface area contributed by atoms with Gasteiger partial charge < -0.3 is 19.3 Å². The number of fused-ring (bicyclic) bond motifs is 1. The van der Waals surface area contributed by atoms with Crippen molar-refractivity contribution in [1.82, 2.24) is 0 Å². The lowest BCUT2D eigenvalue weighted by Crippen LogP contribution is -2.24. The second-order valence-electron chi connectivity index (χ2n) is 6.08. The van der Waals surface area contributed by atoms with Gasteiger partial charge in [-0.3, -0.25) is 0 Å². The van der Waals surface area contributed by atoms with Crippen LogP contribution in [0.1, 0.15) is 25.8 Å². The molecular weight excluding hydrogens is 263 g/mol. The number of hydrogen-bond donors (Lipinski definition) is 1. The summed E-state index contributed by atoms with van der Waals surface area (Å²) in [6, 6.07) is 3.29. The van der Waals surface area contributed by atoms with E-state index in [1.165, 1.54) is 6.07 Å². The van der Waals surface area contributed by atoms with Crippen LogP contribution in [0.4, 0.5) is 4.39 Å². The minimum atomic E-state index is -0.395. The lowest BCUT2D eigenvalue weighted by atomic mass is 9.88. The van der Waals surface area contributed by atoms with Gasteiger partial charge in [0.15, 0.2) is 11.6 Å². The molecule has 0 spiro atoms. The first-order valence-electron chi connectivity index (χ1n) is 6.85. The Bertz CT molecular complexity index is 515. The van der Waals surface area contributed by atoms with Crippen molar-refractivity contribution in [2.45, 2.75) is 38.4 Å². The Morgan fingerprint density at radius 3 is 2.90 bits per heavy atom. The third kappa shape index (κ3) is 2.47. The van der Waals surface area contributed by atoms with E-state index in [0.717, 1.165) is 12.0 Å². The van der Waals surface area contributed by atoms with Gasteiger partial charge >= 0.3 is 0 Å². The lowest BCUT2D eigenvalue weighted by molar-refractivity contribution is -0.0439. The molecule has 2 heterocycles. The molecule has 1 N–H and O–H groups in total. The Hall–Kier alpha value is -1.33. The normalized spacial score (nSPS) is 27.0. The van der Waals surface area contributed by atoms with Gasteiger partial charge in [-0.15, -0.1) is 0 Å². The minimum Gasteiger partial charge on any atom is -0.453 e. The van der Waals surface area contributed by atoms with Gasteiger partial charge in [0.2, 0.25) is 12.5 Å². The summed E-state index contributed by atoms with van der Waals surface area (Å²) in [6.07, 6.45) is 1.30. The SMILES string of the molecule is CC1(C)CC(Cc2cc(F)c3c(c2)OCO3)[C@@H](CO)O1. The molecule has 0 amide bonds. The molecule has 1 saturated heterocycles. The Morgan fingerprint density at radius 1 is 1.35 bits per heavy atom. The highest BCUT2D eigenvalue weighted by atomic mass is 19.1. The van der Waals surface area contributed by atoms with Crippen molar-refractivity contribution in [2.24, 2.45) is 5.92 Å². The zero-order valence-electron chi connectivity index (χ0n) is 11.7. The summed E-state index contributed by atoms with van der Waals surface area (Å²) in [4.78, 5) is 0. The van der Waals surface area contributed by atoms with Crippen LogP contribution in [-0.4, -0.2) is 30.2 Å². The summed E-state index contributed by atoms with van der Waals surface area (Å²) in [5, 5.41) is 9.41. The maximum Gasteiger partial charge on any atom is 0.231 e. The first-order chi connectivity index (χ1) is 9.48. The summed E-state index contributed by atoms with van der Waals surface area (Å²) < 4.78 is 30.0. The largest absolute Gasteiger partial charge is 0.453 e. The van der Waals surface area contributed by atoms with Gasteiger partial charge in [0.05, 0.1) is 18.3 Å². The maximum atomic E-state index is 13.9. The Kier molecular flexibility index (Phi) is 3.34. The van der Waals surface area contributed by atoms with E-state index in [0.29, 0.717) is 12.2 Å². The fourth-order valence-electron chi connectivity index (χ4n) is 3.15. The number of ether oxygens (including phenoxy) is 3. The first-order valence-corrected chi connectivity index (χ1v) is 6.85. The molecule has 1 aromatic carbocycles. The minimum absolute atomic E-state index is 0.0128. The second-order valence-corrected chi connectivity index (χ2v) is 6.08.